The van der Waals surface area contributed by atoms with Crippen LogP contribution in [0.1, 0.15) is 5.69 Å². The highest BCUT2D eigenvalue weighted by molar-refractivity contribution is 5.77. The van der Waals surface area contributed by atoms with Crippen LogP contribution in [0.15, 0.2) is 65.6 Å². The Bertz CT molecular complexity index is 1140. The molecule has 3 aromatic heterocycles. The number of fused-ring (bicyclic) bond motifs is 1. The average molecular weight is 387 g/mol. The number of aromatic nitrogens is 5. The summed E-state index contributed by atoms with van der Waals surface area (Å²) in [6, 6.07) is 17.1. The van der Waals surface area contributed by atoms with Crippen LogP contribution in [0.2, 0.25) is 0 Å². The molecule has 1 saturated heterocycles. The Morgan fingerprint density at radius 2 is 1.69 bits per heavy atom. The fourth-order valence-electron chi connectivity index (χ4n) is 3.60. The van der Waals surface area contributed by atoms with Crippen molar-refractivity contribution in [2.45, 2.75) is 6.54 Å². The number of hydrogen-bond donors (Lipinski definition) is 1. The number of para-hydroxylation sites is 2. The molecule has 1 aromatic carbocycles. The number of nitrogens with one attached hydrogen (secondary N) is 1. The van der Waals surface area contributed by atoms with Gasteiger partial charge in [0, 0.05) is 38.4 Å². The normalized spacial score (nSPS) is 14.5. The van der Waals surface area contributed by atoms with Gasteiger partial charge in [0.1, 0.15) is 5.82 Å². The molecule has 0 unspecified atom stereocenters. The van der Waals surface area contributed by atoms with Crippen molar-refractivity contribution in [2.75, 3.05) is 36.0 Å². The number of H-pyrrole nitrogens is 1. The molecule has 0 aliphatic carbocycles. The largest absolute Gasteiger partial charge is 0.352 e. The van der Waals surface area contributed by atoms with Crippen LogP contribution in [0, 0.1) is 0 Å². The Morgan fingerprint density at radius 3 is 2.48 bits per heavy atom. The summed E-state index contributed by atoms with van der Waals surface area (Å²) < 4.78 is 1.48. The summed E-state index contributed by atoms with van der Waals surface area (Å²) in [6.45, 7) is 3.66. The van der Waals surface area contributed by atoms with Crippen molar-refractivity contribution < 1.29 is 0 Å². The second-order valence-corrected chi connectivity index (χ2v) is 7.06. The van der Waals surface area contributed by atoms with E-state index in [0.717, 1.165) is 54.7 Å². The van der Waals surface area contributed by atoms with Gasteiger partial charge < -0.3 is 14.8 Å². The van der Waals surface area contributed by atoms with E-state index in [4.69, 9.17) is 4.98 Å². The van der Waals surface area contributed by atoms with Crippen molar-refractivity contribution in [1.29, 1.82) is 0 Å². The quantitative estimate of drug-likeness (QED) is 0.576. The molecule has 5 rings (SSSR count). The second kappa shape index (κ2) is 7.38. The molecule has 29 heavy (non-hydrogen) atoms. The van der Waals surface area contributed by atoms with E-state index in [0.29, 0.717) is 6.54 Å². The number of imidazole rings is 1. The molecule has 1 aliphatic heterocycles. The Labute approximate surface area is 167 Å². The first-order valence-corrected chi connectivity index (χ1v) is 9.69. The Hall–Kier alpha value is -3.68. The predicted octanol–water partition coefficient (Wildman–Crippen LogP) is 1.89. The summed E-state index contributed by atoms with van der Waals surface area (Å²) in [4.78, 5) is 29.0. The van der Waals surface area contributed by atoms with Crippen molar-refractivity contribution in [3.8, 4) is 0 Å². The molecule has 0 radical (unpaired) electrons. The molecular weight excluding hydrogens is 366 g/mol. The molecule has 0 saturated carbocycles. The summed E-state index contributed by atoms with van der Waals surface area (Å²) >= 11 is 0. The van der Waals surface area contributed by atoms with Crippen LogP contribution < -0.4 is 15.4 Å². The third-order valence-electron chi connectivity index (χ3n) is 5.17. The summed E-state index contributed by atoms with van der Waals surface area (Å²) in [5, 5.41) is 4.57. The smallest absolute Gasteiger partial charge is 0.267 e. The van der Waals surface area contributed by atoms with Gasteiger partial charge in [-0.15, -0.1) is 0 Å². The van der Waals surface area contributed by atoms with Crippen molar-refractivity contribution in [3.63, 3.8) is 0 Å². The Kier molecular flexibility index (Phi) is 4.44. The molecule has 0 atom stereocenters. The van der Waals surface area contributed by atoms with Gasteiger partial charge in [-0.2, -0.15) is 5.10 Å². The minimum Gasteiger partial charge on any atom is -0.352 e. The maximum Gasteiger partial charge on any atom is 0.267 e. The van der Waals surface area contributed by atoms with Gasteiger partial charge in [0.2, 0.25) is 5.95 Å². The van der Waals surface area contributed by atoms with Crippen LogP contribution in [-0.4, -0.2) is 50.9 Å². The molecule has 0 spiro atoms. The zero-order valence-corrected chi connectivity index (χ0v) is 15.9. The van der Waals surface area contributed by atoms with E-state index in [1.54, 1.807) is 18.3 Å². The number of rotatable bonds is 4. The lowest BCUT2D eigenvalue weighted by atomic mass is 10.3. The first-order valence-electron chi connectivity index (χ1n) is 9.69. The van der Waals surface area contributed by atoms with Crippen molar-refractivity contribution in [3.05, 3.63) is 76.8 Å². The van der Waals surface area contributed by atoms with Gasteiger partial charge in [-0.05, 0) is 30.3 Å². The van der Waals surface area contributed by atoms with Gasteiger partial charge >= 0.3 is 0 Å². The van der Waals surface area contributed by atoms with Gasteiger partial charge in [-0.25, -0.2) is 9.67 Å². The van der Waals surface area contributed by atoms with Crippen LogP contribution in [-0.2, 0) is 6.54 Å². The third kappa shape index (κ3) is 3.56. The number of piperazine rings is 1. The van der Waals surface area contributed by atoms with Crippen molar-refractivity contribution in [1.82, 2.24) is 24.7 Å². The number of aromatic amines is 1. The molecule has 8 heteroatoms. The van der Waals surface area contributed by atoms with Gasteiger partial charge in [-0.1, -0.05) is 18.2 Å². The molecule has 4 aromatic rings. The van der Waals surface area contributed by atoms with E-state index in [2.05, 4.69) is 24.9 Å². The van der Waals surface area contributed by atoms with Gasteiger partial charge in [-0.3, -0.25) is 9.78 Å². The minimum atomic E-state index is -0.125. The third-order valence-corrected chi connectivity index (χ3v) is 5.17. The monoisotopic (exact) mass is 387 g/mol. The molecule has 4 heterocycles. The Balaban J connectivity index is 1.30. The molecule has 1 aliphatic rings. The van der Waals surface area contributed by atoms with E-state index < -0.39 is 0 Å². The SMILES string of the molecule is O=c1ccc(N2CCN(c3nc4ccccc4[nH]3)CC2)nn1Cc1ccccn1. The van der Waals surface area contributed by atoms with Crippen LogP contribution in [0.4, 0.5) is 11.8 Å². The lowest BCUT2D eigenvalue weighted by molar-refractivity contribution is 0.593. The van der Waals surface area contributed by atoms with Crippen LogP contribution in [0.3, 0.4) is 0 Å². The molecule has 146 valence electrons. The van der Waals surface area contributed by atoms with E-state index >= 15 is 0 Å². The van der Waals surface area contributed by atoms with E-state index in [1.807, 2.05) is 42.5 Å². The maximum absolute atomic E-state index is 12.2. The summed E-state index contributed by atoms with van der Waals surface area (Å²) in [5.41, 5.74) is 2.72. The number of hydrogen-bond acceptors (Lipinski definition) is 6. The van der Waals surface area contributed by atoms with E-state index in [9.17, 15) is 4.79 Å². The highest BCUT2D eigenvalue weighted by Crippen LogP contribution is 2.20. The molecule has 0 amide bonds. The lowest BCUT2D eigenvalue weighted by Gasteiger charge is -2.35. The van der Waals surface area contributed by atoms with Crippen LogP contribution >= 0.6 is 0 Å². The maximum atomic E-state index is 12.2. The zero-order valence-electron chi connectivity index (χ0n) is 15.9. The molecule has 8 nitrogen and oxygen atoms in total. The number of anilines is 2. The molecule has 1 N–H and O–H groups in total. The van der Waals surface area contributed by atoms with Crippen LogP contribution in [0.5, 0.6) is 0 Å². The Morgan fingerprint density at radius 1 is 0.897 bits per heavy atom. The molecule has 0 bridgehead atoms. The first kappa shape index (κ1) is 17.4. The highest BCUT2D eigenvalue weighted by Gasteiger charge is 2.21. The standard InChI is InChI=1S/C21H21N7O/c29-20-9-8-19(25-28(20)15-16-5-3-4-10-22-16)26-11-13-27(14-12-26)21-23-17-6-1-2-7-18(17)24-21/h1-10H,11-15H2,(H,23,24). The fraction of sp³-hybridized carbons (Fsp3) is 0.238. The van der Waals surface area contributed by atoms with Gasteiger partial charge in [0.25, 0.3) is 5.56 Å². The number of pyridine rings is 1. The zero-order chi connectivity index (χ0) is 19.6. The molecule has 1 fully saturated rings. The summed E-state index contributed by atoms with van der Waals surface area (Å²) in [5.74, 6) is 1.71. The molecular formula is C21H21N7O. The summed E-state index contributed by atoms with van der Waals surface area (Å²) in [7, 11) is 0. The minimum absolute atomic E-state index is 0.125. The average Bonchev–Trinajstić information content (AvgIpc) is 3.21. The van der Waals surface area contributed by atoms with E-state index in [1.165, 1.54) is 4.68 Å². The van der Waals surface area contributed by atoms with E-state index in [-0.39, 0.29) is 5.56 Å². The number of benzene rings is 1. The van der Waals surface area contributed by atoms with Gasteiger partial charge in [0.15, 0.2) is 0 Å². The highest BCUT2D eigenvalue weighted by atomic mass is 16.1. The summed E-state index contributed by atoms with van der Waals surface area (Å²) in [6.07, 6.45) is 1.72. The van der Waals surface area contributed by atoms with Gasteiger partial charge in [0.05, 0.1) is 23.3 Å². The number of nitrogens with zero attached hydrogens (tertiary/aromatic N) is 6. The predicted molar refractivity (Wildman–Crippen MR) is 112 cm³/mol. The second-order valence-electron chi connectivity index (χ2n) is 7.06. The topological polar surface area (TPSA) is 82.9 Å². The fourth-order valence-corrected chi connectivity index (χ4v) is 3.60. The lowest BCUT2D eigenvalue weighted by Crippen LogP contribution is -2.47. The van der Waals surface area contributed by atoms with Crippen molar-refractivity contribution in [2.24, 2.45) is 0 Å². The van der Waals surface area contributed by atoms with Crippen molar-refractivity contribution >= 4 is 22.8 Å². The van der Waals surface area contributed by atoms with Crippen LogP contribution in [0.25, 0.3) is 11.0 Å². The first-order chi connectivity index (χ1) is 14.3.